The van der Waals surface area contributed by atoms with Gasteiger partial charge in [0.15, 0.2) is 5.65 Å². The number of piperidine rings is 1. The van der Waals surface area contributed by atoms with E-state index in [0.717, 1.165) is 5.52 Å². The van der Waals surface area contributed by atoms with Crippen LogP contribution in [0, 0.1) is 0 Å². The number of nitrogens with zero attached hydrogens (tertiary/aromatic N) is 5. The van der Waals surface area contributed by atoms with Gasteiger partial charge >= 0.3 is 6.09 Å². The van der Waals surface area contributed by atoms with E-state index in [0.29, 0.717) is 48.4 Å². The molecule has 0 saturated carbocycles. The zero-order chi connectivity index (χ0) is 22.5. The summed E-state index contributed by atoms with van der Waals surface area (Å²) in [5.74, 6) is 0.641. The topological polar surface area (TPSA) is 122 Å². The van der Waals surface area contributed by atoms with Crippen LogP contribution in [0.25, 0.3) is 22.1 Å². The van der Waals surface area contributed by atoms with E-state index in [1.807, 2.05) is 0 Å². The third kappa shape index (κ3) is 3.08. The summed E-state index contributed by atoms with van der Waals surface area (Å²) in [4.78, 5) is 22.0. The largest absolute Gasteiger partial charge is 0.465 e. The molecule has 0 aliphatic carbocycles. The highest BCUT2D eigenvalue weighted by molar-refractivity contribution is 7.90. The fraction of sp³-hybridized carbons (Fsp3) is 0.286. The molecule has 4 heterocycles. The number of fused-ring (bicyclic) bond motifs is 3. The second kappa shape index (κ2) is 7.52. The van der Waals surface area contributed by atoms with Crippen LogP contribution in [-0.4, -0.2) is 63.2 Å². The number of imidazole rings is 1. The van der Waals surface area contributed by atoms with Crippen molar-refractivity contribution >= 4 is 44.1 Å². The van der Waals surface area contributed by atoms with Crippen molar-refractivity contribution in [2.24, 2.45) is 0 Å². The van der Waals surface area contributed by atoms with Crippen molar-refractivity contribution < 1.29 is 18.3 Å². The molecule has 1 aliphatic heterocycles. The summed E-state index contributed by atoms with van der Waals surface area (Å²) in [6.07, 6.45) is 3.46. The third-order valence-corrected chi connectivity index (χ3v) is 7.63. The Balaban J connectivity index is 1.66. The first kappa shape index (κ1) is 20.3. The summed E-state index contributed by atoms with van der Waals surface area (Å²) in [7, 11) is -2.03. The van der Waals surface area contributed by atoms with E-state index in [4.69, 9.17) is 0 Å². The molecule has 32 heavy (non-hydrogen) atoms. The van der Waals surface area contributed by atoms with Crippen LogP contribution in [0.1, 0.15) is 18.9 Å². The van der Waals surface area contributed by atoms with Crippen LogP contribution in [0.3, 0.4) is 0 Å². The number of hydrogen-bond acceptors (Lipinski definition) is 6. The maximum absolute atomic E-state index is 13.2. The molecule has 4 aromatic rings. The SMILES string of the molecule is CNc1nc2cnc3c(ccn3S(=O)(=O)c3ccccc3)c2n1C1CCN(C(=O)O)CC1. The van der Waals surface area contributed by atoms with Gasteiger partial charge in [-0.2, -0.15) is 0 Å². The molecule has 0 spiro atoms. The number of likely N-dealkylation sites (tertiary alicyclic amines) is 1. The number of nitrogens with one attached hydrogen (secondary N) is 1. The molecule has 1 saturated heterocycles. The normalized spacial score (nSPS) is 15.5. The molecular formula is C21H22N6O4S. The maximum Gasteiger partial charge on any atom is 0.407 e. The Morgan fingerprint density at radius 1 is 1.16 bits per heavy atom. The van der Waals surface area contributed by atoms with Gasteiger partial charge in [-0.1, -0.05) is 18.2 Å². The Bertz CT molecular complexity index is 1420. The van der Waals surface area contributed by atoms with E-state index >= 15 is 0 Å². The summed E-state index contributed by atoms with van der Waals surface area (Å²) in [5.41, 5.74) is 1.76. The van der Waals surface area contributed by atoms with E-state index in [1.54, 1.807) is 49.6 Å². The van der Waals surface area contributed by atoms with Gasteiger partial charge in [0.2, 0.25) is 5.95 Å². The highest BCUT2D eigenvalue weighted by atomic mass is 32.2. The van der Waals surface area contributed by atoms with Gasteiger partial charge in [-0.25, -0.2) is 27.2 Å². The maximum atomic E-state index is 13.2. The van der Waals surface area contributed by atoms with Crippen molar-refractivity contribution in [3.8, 4) is 0 Å². The number of anilines is 1. The van der Waals surface area contributed by atoms with Crippen LogP contribution in [0.2, 0.25) is 0 Å². The lowest BCUT2D eigenvalue weighted by Crippen LogP contribution is -2.38. The van der Waals surface area contributed by atoms with E-state index in [1.165, 1.54) is 15.1 Å². The highest BCUT2D eigenvalue weighted by Crippen LogP contribution is 2.35. The fourth-order valence-corrected chi connectivity index (χ4v) is 5.72. The zero-order valence-electron chi connectivity index (χ0n) is 17.3. The average Bonchev–Trinajstić information content (AvgIpc) is 3.41. The molecule has 3 aromatic heterocycles. The number of hydrogen-bond donors (Lipinski definition) is 2. The number of carboxylic acid groups (broad SMARTS) is 1. The van der Waals surface area contributed by atoms with Gasteiger partial charge in [0.1, 0.15) is 5.52 Å². The smallest absolute Gasteiger partial charge is 0.407 e. The summed E-state index contributed by atoms with van der Waals surface area (Å²) < 4.78 is 29.7. The third-order valence-electron chi connectivity index (χ3n) is 5.95. The molecule has 0 atom stereocenters. The predicted octanol–water partition coefficient (Wildman–Crippen LogP) is 2.98. The molecule has 0 unspecified atom stereocenters. The molecular weight excluding hydrogens is 432 g/mol. The van der Waals surface area contributed by atoms with Crippen molar-refractivity contribution in [3.63, 3.8) is 0 Å². The average molecular weight is 455 g/mol. The van der Waals surface area contributed by atoms with Gasteiger partial charge < -0.3 is 19.9 Å². The van der Waals surface area contributed by atoms with Crippen LogP contribution >= 0.6 is 0 Å². The van der Waals surface area contributed by atoms with E-state index in [-0.39, 0.29) is 10.9 Å². The first-order valence-corrected chi connectivity index (χ1v) is 11.7. The van der Waals surface area contributed by atoms with Crippen molar-refractivity contribution in [2.75, 3.05) is 25.5 Å². The van der Waals surface area contributed by atoms with E-state index in [9.17, 15) is 18.3 Å². The molecule has 1 aliphatic rings. The van der Waals surface area contributed by atoms with Gasteiger partial charge in [-0.05, 0) is 31.0 Å². The number of amides is 1. The highest BCUT2D eigenvalue weighted by Gasteiger charge is 2.28. The zero-order valence-corrected chi connectivity index (χ0v) is 18.2. The van der Waals surface area contributed by atoms with Crippen molar-refractivity contribution in [2.45, 2.75) is 23.8 Å². The molecule has 1 amide bonds. The van der Waals surface area contributed by atoms with Gasteiger partial charge in [0.25, 0.3) is 10.0 Å². The first-order chi connectivity index (χ1) is 15.4. The van der Waals surface area contributed by atoms with Crippen LogP contribution in [0.5, 0.6) is 0 Å². The summed E-state index contributed by atoms with van der Waals surface area (Å²) in [6, 6.07) is 10.0. The summed E-state index contributed by atoms with van der Waals surface area (Å²) in [6.45, 7) is 0.862. The molecule has 1 aromatic carbocycles. The van der Waals surface area contributed by atoms with Crippen molar-refractivity contribution in [1.29, 1.82) is 0 Å². The second-order valence-electron chi connectivity index (χ2n) is 7.72. The minimum absolute atomic E-state index is 0.0257. The van der Waals surface area contributed by atoms with Gasteiger partial charge in [-0.3, -0.25) is 0 Å². The molecule has 166 valence electrons. The molecule has 0 radical (unpaired) electrons. The first-order valence-electron chi connectivity index (χ1n) is 10.3. The van der Waals surface area contributed by atoms with E-state index < -0.39 is 16.1 Å². The number of benzene rings is 1. The van der Waals surface area contributed by atoms with Crippen molar-refractivity contribution in [1.82, 2.24) is 23.4 Å². The molecule has 10 nitrogen and oxygen atoms in total. The second-order valence-corrected chi connectivity index (χ2v) is 9.53. The number of rotatable bonds is 4. The monoisotopic (exact) mass is 454 g/mol. The standard InChI is InChI=1S/C21H22N6O4S/c1-22-20-24-17-13-23-19-16(9-12-26(19)32(30,31)15-5-3-2-4-6-15)18(17)27(20)14-7-10-25(11-8-14)21(28)29/h2-6,9,12-14H,7-8,10-11H2,1H3,(H,22,24)(H,28,29). The quantitative estimate of drug-likeness (QED) is 0.486. The molecule has 1 fully saturated rings. The van der Waals surface area contributed by atoms with E-state index in [2.05, 4.69) is 19.9 Å². The Morgan fingerprint density at radius 2 is 1.88 bits per heavy atom. The van der Waals surface area contributed by atoms with Crippen LogP contribution in [0.4, 0.5) is 10.7 Å². The van der Waals surface area contributed by atoms with Crippen LogP contribution in [0.15, 0.2) is 53.7 Å². The lowest BCUT2D eigenvalue weighted by Gasteiger charge is -2.31. The molecule has 5 rings (SSSR count). The lowest BCUT2D eigenvalue weighted by atomic mass is 10.0. The predicted molar refractivity (Wildman–Crippen MR) is 119 cm³/mol. The minimum Gasteiger partial charge on any atom is -0.465 e. The van der Waals surface area contributed by atoms with Gasteiger partial charge in [0.05, 0.1) is 16.6 Å². The van der Waals surface area contributed by atoms with Crippen LogP contribution in [-0.2, 0) is 10.0 Å². The summed E-state index contributed by atoms with van der Waals surface area (Å²) >= 11 is 0. The number of carbonyl (C=O) groups is 1. The Labute approximate surface area is 184 Å². The summed E-state index contributed by atoms with van der Waals surface area (Å²) in [5, 5.41) is 13.1. The Hall–Kier alpha value is -3.60. The van der Waals surface area contributed by atoms with Crippen LogP contribution < -0.4 is 5.32 Å². The minimum atomic E-state index is -3.81. The molecule has 11 heteroatoms. The van der Waals surface area contributed by atoms with Gasteiger partial charge in [0, 0.05) is 37.8 Å². The number of aromatic nitrogens is 4. The Kier molecular flexibility index (Phi) is 4.77. The molecule has 2 N–H and O–H groups in total. The lowest BCUT2D eigenvalue weighted by molar-refractivity contribution is 0.126. The molecule has 0 bridgehead atoms. The van der Waals surface area contributed by atoms with Gasteiger partial charge in [-0.15, -0.1) is 0 Å². The van der Waals surface area contributed by atoms with Crippen molar-refractivity contribution in [3.05, 3.63) is 48.8 Å². The Morgan fingerprint density at radius 3 is 2.53 bits per heavy atom. The fourth-order valence-electron chi connectivity index (χ4n) is 4.39. The number of pyridine rings is 1.